The van der Waals surface area contributed by atoms with Crippen LogP contribution in [0.3, 0.4) is 0 Å². The minimum absolute atomic E-state index is 0.0520. The Morgan fingerprint density at radius 1 is 1.04 bits per heavy atom. The van der Waals surface area contributed by atoms with Crippen LogP contribution in [0.2, 0.25) is 0 Å². The Labute approximate surface area is 162 Å². The molecule has 0 aliphatic heterocycles. The number of ether oxygens (including phenoxy) is 1. The van der Waals surface area contributed by atoms with Crippen molar-refractivity contribution in [3.05, 3.63) is 59.7 Å². The van der Waals surface area contributed by atoms with Gasteiger partial charge in [0.15, 0.2) is 0 Å². The molecule has 8 heteroatoms. The van der Waals surface area contributed by atoms with Crippen molar-refractivity contribution >= 4 is 29.7 Å². The third-order valence-corrected chi connectivity index (χ3v) is 3.72. The second-order valence-corrected chi connectivity index (χ2v) is 5.85. The number of rotatable bonds is 9. The molecule has 0 heterocycles. The van der Waals surface area contributed by atoms with Gasteiger partial charge in [-0.05, 0) is 60.5 Å². The van der Waals surface area contributed by atoms with Crippen LogP contribution in [-0.4, -0.2) is 36.2 Å². The number of benzene rings is 2. The fourth-order valence-corrected chi connectivity index (χ4v) is 2.25. The SMILES string of the molecule is COc1ccc(/C=N/NC(=O)c2ccc(NC(=O)CCCC(=O)O)cc2)cc1. The number of carboxylic acid groups (broad SMARTS) is 1. The molecule has 0 saturated heterocycles. The van der Waals surface area contributed by atoms with E-state index in [1.807, 2.05) is 12.1 Å². The van der Waals surface area contributed by atoms with Crippen molar-refractivity contribution in [2.24, 2.45) is 5.10 Å². The number of anilines is 1. The van der Waals surface area contributed by atoms with Crippen LogP contribution < -0.4 is 15.5 Å². The van der Waals surface area contributed by atoms with Gasteiger partial charge in [0.05, 0.1) is 13.3 Å². The molecule has 146 valence electrons. The Hall–Kier alpha value is -3.68. The van der Waals surface area contributed by atoms with Gasteiger partial charge in [0, 0.05) is 24.1 Å². The predicted octanol–water partition coefficient (Wildman–Crippen LogP) is 2.65. The molecule has 0 aromatic heterocycles. The van der Waals surface area contributed by atoms with E-state index >= 15 is 0 Å². The highest BCUT2D eigenvalue weighted by Crippen LogP contribution is 2.11. The summed E-state index contributed by atoms with van der Waals surface area (Å²) in [5, 5.41) is 15.1. The van der Waals surface area contributed by atoms with Gasteiger partial charge in [0.1, 0.15) is 5.75 Å². The molecule has 0 spiro atoms. The van der Waals surface area contributed by atoms with Gasteiger partial charge in [0.2, 0.25) is 5.91 Å². The normalized spacial score (nSPS) is 10.5. The van der Waals surface area contributed by atoms with E-state index in [2.05, 4.69) is 15.8 Å². The van der Waals surface area contributed by atoms with Crippen molar-refractivity contribution in [2.45, 2.75) is 19.3 Å². The highest BCUT2D eigenvalue weighted by atomic mass is 16.5. The smallest absolute Gasteiger partial charge is 0.303 e. The van der Waals surface area contributed by atoms with Crippen molar-refractivity contribution in [1.82, 2.24) is 5.43 Å². The van der Waals surface area contributed by atoms with E-state index in [1.165, 1.54) is 6.21 Å². The van der Waals surface area contributed by atoms with Gasteiger partial charge in [0.25, 0.3) is 5.91 Å². The maximum absolute atomic E-state index is 12.1. The van der Waals surface area contributed by atoms with Crippen LogP contribution in [0.15, 0.2) is 53.6 Å². The van der Waals surface area contributed by atoms with E-state index in [0.29, 0.717) is 11.3 Å². The van der Waals surface area contributed by atoms with Gasteiger partial charge in [-0.3, -0.25) is 14.4 Å². The number of amides is 2. The minimum Gasteiger partial charge on any atom is -0.497 e. The first-order chi connectivity index (χ1) is 13.5. The number of aliphatic carboxylic acids is 1. The van der Waals surface area contributed by atoms with E-state index < -0.39 is 5.97 Å². The molecule has 0 saturated carbocycles. The lowest BCUT2D eigenvalue weighted by atomic mass is 10.2. The number of methoxy groups -OCH3 is 1. The van der Waals surface area contributed by atoms with Crippen LogP contribution >= 0.6 is 0 Å². The van der Waals surface area contributed by atoms with Crippen molar-refractivity contribution in [3.63, 3.8) is 0 Å². The Kier molecular flexibility index (Phi) is 7.71. The molecule has 0 unspecified atom stereocenters. The zero-order valence-corrected chi connectivity index (χ0v) is 15.3. The number of carbonyl (C=O) groups is 3. The average Bonchev–Trinajstić information content (AvgIpc) is 2.68. The molecule has 8 nitrogen and oxygen atoms in total. The van der Waals surface area contributed by atoms with Gasteiger partial charge in [-0.25, -0.2) is 5.43 Å². The number of nitrogens with one attached hydrogen (secondary N) is 2. The van der Waals surface area contributed by atoms with Crippen LogP contribution in [0.25, 0.3) is 0 Å². The maximum atomic E-state index is 12.1. The molecule has 2 rings (SSSR count). The summed E-state index contributed by atoms with van der Waals surface area (Å²) in [6.07, 6.45) is 1.86. The van der Waals surface area contributed by atoms with E-state index in [4.69, 9.17) is 9.84 Å². The number of carbonyl (C=O) groups excluding carboxylic acids is 2. The average molecular weight is 383 g/mol. The Morgan fingerprint density at radius 3 is 2.32 bits per heavy atom. The van der Waals surface area contributed by atoms with Gasteiger partial charge in [-0.1, -0.05) is 0 Å². The number of hydrazone groups is 1. The topological polar surface area (TPSA) is 117 Å². The third kappa shape index (κ3) is 6.91. The van der Waals surface area contributed by atoms with Crippen LogP contribution in [0.5, 0.6) is 5.75 Å². The molecule has 0 aliphatic carbocycles. The van der Waals surface area contributed by atoms with Crippen LogP contribution in [0.4, 0.5) is 5.69 Å². The number of hydrogen-bond donors (Lipinski definition) is 3. The largest absolute Gasteiger partial charge is 0.497 e. The quantitative estimate of drug-likeness (QED) is 0.455. The van der Waals surface area contributed by atoms with Crippen LogP contribution in [-0.2, 0) is 9.59 Å². The highest BCUT2D eigenvalue weighted by Gasteiger charge is 2.07. The van der Waals surface area contributed by atoms with Crippen molar-refractivity contribution in [1.29, 1.82) is 0 Å². The molecule has 3 N–H and O–H groups in total. The fraction of sp³-hybridized carbons (Fsp3) is 0.200. The third-order valence-electron chi connectivity index (χ3n) is 3.72. The summed E-state index contributed by atoms with van der Waals surface area (Å²) >= 11 is 0. The summed E-state index contributed by atoms with van der Waals surface area (Å²) in [4.78, 5) is 34.2. The minimum atomic E-state index is -0.933. The van der Waals surface area contributed by atoms with E-state index in [-0.39, 0.29) is 31.1 Å². The molecule has 2 amide bonds. The number of hydrogen-bond acceptors (Lipinski definition) is 5. The van der Waals surface area contributed by atoms with E-state index in [1.54, 1.807) is 43.5 Å². The lowest BCUT2D eigenvalue weighted by Gasteiger charge is -2.06. The van der Waals surface area contributed by atoms with E-state index in [0.717, 1.165) is 11.3 Å². The Balaban J connectivity index is 1.82. The maximum Gasteiger partial charge on any atom is 0.303 e. The van der Waals surface area contributed by atoms with Crippen molar-refractivity contribution in [3.8, 4) is 5.75 Å². The summed E-state index contributed by atoms with van der Waals surface area (Å²) in [5.41, 5.74) is 4.15. The first kappa shape index (κ1) is 20.6. The molecule has 2 aromatic carbocycles. The lowest BCUT2D eigenvalue weighted by molar-refractivity contribution is -0.137. The standard InChI is InChI=1S/C20H21N3O5/c1-28-17-11-5-14(6-12-17)13-21-23-20(27)15-7-9-16(10-8-15)22-18(24)3-2-4-19(25)26/h5-13H,2-4H2,1H3,(H,22,24)(H,23,27)(H,25,26)/b21-13+. The zero-order chi connectivity index (χ0) is 20.4. The Bertz CT molecular complexity index is 845. The first-order valence-electron chi connectivity index (χ1n) is 8.57. The fourth-order valence-electron chi connectivity index (χ4n) is 2.25. The first-order valence-corrected chi connectivity index (χ1v) is 8.57. The molecule has 0 radical (unpaired) electrons. The summed E-state index contributed by atoms with van der Waals surface area (Å²) in [6, 6.07) is 13.5. The second-order valence-electron chi connectivity index (χ2n) is 5.85. The molecule has 28 heavy (non-hydrogen) atoms. The van der Waals surface area contributed by atoms with Crippen molar-refractivity contribution in [2.75, 3.05) is 12.4 Å². The summed E-state index contributed by atoms with van der Waals surface area (Å²) in [6.45, 7) is 0. The molecule has 2 aromatic rings. The second kappa shape index (κ2) is 10.5. The van der Waals surface area contributed by atoms with Gasteiger partial charge >= 0.3 is 5.97 Å². The molecule has 0 aliphatic rings. The van der Waals surface area contributed by atoms with Gasteiger partial charge in [-0.15, -0.1) is 0 Å². The number of carboxylic acids is 1. The summed E-state index contributed by atoms with van der Waals surface area (Å²) < 4.78 is 5.07. The molecule has 0 atom stereocenters. The summed E-state index contributed by atoms with van der Waals surface area (Å²) in [7, 11) is 1.58. The van der Waals surface area contributed by atoms with Crippen LogP contribution in [0.1, 0.15) is 35.2 Å². The molecular weight excluding hydrogens is 362 g/mol. The summed E-state index contributed by atoms with van der Waals surface area (Å²) in [5.74, 6) is -0.861. The van der Waals surface area contributed by atoms with Gasteiger partial charge in [-0.2, -0.15) is 5.10 Å². The zero-order valence-electron chi connectivity index (χ0n) is 15.3. The molecular formula is C20H21N3O5. The molecule has 0 fully saturated rings. The monoisotopic (exact) mass is 383 g/mol. The molecule has 0 bridgehead atoms. The highest BCUT2D eigenvalue weighted by molar-refractivity contribution is 5.96. The lowest BCUT2D eigenvalue weighted by Crippen LogP contribution is -2.17. The van der Waals surface area contributed by atoms with E-state index in [9.17, 15) is 14.4 Å². The van der Waals surface area contributed by atoms with Crippen LogP contribution in [0, 0.1) is 0 Å². The Morgan fingerprint density at radius 2 is 1.71 bits per heavy atom. The number of nitrogens with zero attached hydrogens (tertiary/aromatic N) is 1. The van der Waals surface area contributed by atoms with Gasteiger partial charge < -0.3 is 15.2 Å². The van der Waals surface area contributed by atoms with Crippen molar-refractivity contribution < 1.29 is 24.2 Å². The predicted molar refractivity (Wildman–Crippen MR) is 105 cm³/mol.